The van der Waals surface area contributed by atoms with Crippen molar-refractivity contribution in [2.75, 3.05) is 36.0 Å². The van der Waals surface area contributed by atoms with Crippen LogP contribution in [0.2, 0.25) is 0 Å². The van der Waals surface area contributed by atoms with Crippen LogP contribution in [0.3, 0.4) is 0 Å². The third kappa shape index (κ3) is 12.1. The summed E-state index contributed by atoms with van der Waals surface area (Å²) in [5.41, 5.74) is 5.17. The van der Waals surface area contributed by atoms with E-state index in [0.29, 0.717) is 0 Å². The van der Waals surface area contributed by atoms with Gasteiger partial charge in [0.05, 0.1) is 0 Å². The van der Waals surface area contributed by atoms with E-state index in [9.17, 15) is 0 Å². The maximum atomic E-state index is 2.55. The number of nitrogens with zero attached hydrogens (tertiary/aromatic N) is 2. The molecule has 6 heterocycles. The van der Waals surface area contributed by atoms with Gasteiger partial charge in [0.15, 0.2) is 0 Å². The van der Waals surface area contributed by atoms with Crippen LogP contribution in [-0.2, 0) is 0 Å². The summed E-state index contributed by atoms with van der Waals surface area (Å²) < 4.78 is 0. The summed E-state index contributed by atoms with van der Waals surface area (Å²) in [5, 5.41) is 0. The van der Waals surface area contributed by atoms with Gasteiger partial charge in [-0.15, -0.1) is 68.0 Å². The average molecular weight is 954 g/mol. The van der Waals surface area contributed by atoms with Crippen LogP contribution in [0.5, 0.6) is 0 Å². The fourth-order valence-electron chi connectivity index (χ4n) is 7.65. The third-order valence-electron chi connectivity index (χ3n) is 11.4. The van der Waals surface area contributed by atoms with Crippen molar-refractivity contribution >= 4 is 104 Å². The Balaban J connectivity index is 0.859. The van der Waals surface area contributed by atoms with Crippen molar-refractivity contribution in [1.82, 2.24) is 0 Å². The Kier molecular flexibility index (Phi) is 16.8. The van der Waals surface area contributed by atoms with Gasteiger partial charge in [-0.05, 0) is 146 Å². The monoisotopic (exact) mass is 952 g/mol. The number of hydrogen-bond acceptors (Lipinski definition) is 8. The first-order valence-corrected chi connectivity index (χ1v) is 28.1. The lowest BCUT2D eigenvalue weighted by molar-refractivity contribution is 0.678. The van der Waals surface area contributed by atoms with E-state index in [2.05, 4.69) is 183 Å². The summed E-state index contributed by atoms with van der Waals surface area (Å²) in [5.74, 6) is 0. The van der Waals surface area contributed by atoms with Crippen molar-refractivity contribution in [3.8, 4) is 48.8 Å². The summed E-state index contributed by atoms with van der Waals surface area (Å²) in [7, 11) is 0. The van der Waals surface area contributed by atoms with Gasteiger partial charge in [0, 0.05) is 96.1 Å². The van der Waals surface area contributed by atoms with Gasteiger partial charge in [-0.1, -0.05) is 89.8 Å². The Labute approximate surface area is 406 Å². The molecule has 2 aromatic carbocycles. The Morgan fingerprint density at radius 2 is 0.547 bits per heavy atom. The zero-order chi connectivity index (χ0) is 44.1. The second-order valence-electron chi connectivity index (χ2n) is 16.3. The lowest BCUT2D eigenvalue weighted by Crippen LogP contribution is -2.25. The van der Waals surface area contributed by atoms with Crippen molar-refractivity contribution in [2.24, 2.45) is 0 Å². The van der Waals surface area contributed by atoms with Crippen LogP contribution in [0.15, 0.2) is 121 Å². The smallest absolute Gasteiger partial charge is 0.0449 e. The highest BCUT2D eigenvalue weighted by atomic mass is 32.1. The normalized spacial score (nSPS) is 11.8. The second-order valence-corrected chi connectivity index (χ2v) is 22.9. The molecule has 2 nitrogen and oxygen atoms in total. The highest BCUT2D eigenvalue weighted by Gasteiger charge is 2.14. The van der Waals surface area contributed by atoms with E-state index < -0.39 is 0 Å². The van der Waals surface area contributed by atoms with E-state index in [-0.39, 0.29) is 0 Å². The Hall–Kier alpha value is -4.28. The average Bonchev–Trinajstić information content (AvgIpc) is 4.19. The molecule has 0 radical (unpaired) electrons. The van der Waals surface area contributed by atoms with E-state index in [1.807, 2.05) is 68.0 Å². The Morgan fingerprint density at radius 3 is 0.812 bits per heavy atom. The van der Waals surface area contributed by atoms with E-state index in [0.717, 1.165) is 26.2 Å². The molecule has 0 N–H and O–H groups in total. The topological polar surface area (TPSA) is 6.48 Å². The fourth-order valence-corrected chi connectivity index (χ4v) is 13.9. The Morgan fingerprint density at radius 1 is 0.297 bits per heavy atom. The Bertz CT molecular complexity index is 2490. The molecule has 0 atom stereocenters. The summed E-state index contributed by atoms with van der Waals surface area (Å²) in [6.07, 6.45) is 18.9. The fraction of sp³-hybridized carbons (Fsp3) is 0.286. The second kappa shape index (κ2) is 23.3. The van der Waals surface area contributed by atoms with Gasteiger partial charge >= 0.3 is 0 Å². The van der Waals surface area contributed by atoms with Crippen LogP contribution in [0.1, 0.15) is 99.9 Å². The van der Waals surface area contributed by atoms with E-state index >= 15 is 0 Å². The van der Waals surface area contributed by atoms with Gasteiger partial charge in [-0.3, -0.25) is 0 Å². The molecule has 330 valence electrons. The van der Waals surface area contributed by atoms with Crippen LogP contribution < -0.4 is 9.80 Å². The summed E-state index contributed by atoms with van der Waals surface area (Å²) in [6.45, 7) is 13.7. The molecule has 0 aliphatic rings. The molecule has 64 heavy (non-hydrogen) atoms. The molecule has 6 aromatic heterocycles. The van der Waals surface area contributed by atoms with Crippen molar-refractivity contribution in [3.63, 3.8) is 0 Å². The standard InChI is InChI=1S/C56H60N2S6/c1-5-9-37-57(38-10-6-2)43-19-13-41(14-20-43)17-23-45-25-27-47(59-45)49-29-31-51(61-49)53-33-35-55(63-53)56-36-34-54(64-56)52-32-30-50(62-52)48-28-26-46(60-48)24-18-42-15-21-44(22-16-42)58(39-11-7-3)40-12-8-4/h13-36H,5-12,37-40H2,1-4H3/b23-17+,24-18+. The highest BCUT2D eigenvalue weighted by Crippen LogP contribution is 2.46. The SMILES string of the molecule is CCCCN(CCCC)c1ccc(/C=C/c2ccc(-c3ccc(-c4ccc(-c5ccc(-c6ccc(-c7ccc(/C=C/c8ccc(N(CCCC)CCCC)cc8)s7)s6)s5)s4)s3)s2)cc1. The number of thiophene rings is 6. The molecule has 0 bridgehead atoms. The molecular formula is C56H60N2S6. The molecule has 0 aliphatic heterocycles. The zero-order valence-corrected chi connectivity index (χ0v) is 42.6. The minimum Gasteiger partial charge on any atom is -0.372 e. The number of benzene rings is 2. The van der Waals surface area contributed by atoms with Crippen LogP contribution in [-0.4, -0.2) is 26.2 Å². The first-order valence-electron chi connectivity index (χ1n) is 23.2. The van der Waals surface area contributed by atoms with Crippen LogP contribution in [0.4, 0.5) is 11.4 Å². The molecule has 0 aliphatic carbocycles. The summed E-state index contributed by atoms with van der Waals surface area (Å²) in [4.78, 5) is 21.0. The maximum Gasteiger partial charge on any atom is 0.0449 e. The molecule has 0 saturated heterocycles. The van der Waals surface area contributed by atoms with Crippen LogP contribution in [0.25, 0.3) is 73.1 Å². The molecule has 0 fully saturated rings. The van der Waals surface area contributed by atoms with Crippen molar-refractivity contribution in [3.05, 3.63) is 142 Å². The van der Waals surface area contributed by atoms with Crippen molar-refractivity contribution in [2.45, 2.75) is 79.1 Å². The largest absolute Gasteiger partial charge is 0.372 e. The number of hydrogen-bond donors (Lipinski definition) is 0. The summed E-state index contributed by atoms with van der Waals surface area (Å²) >= 11 is 11.3. The first-order chi connectivity index (χ1) is 31.5. The van der Waals surface area contributed by atoms with Gasteiger partial charge < -0.3 is 9.80 Å². The minimum absolute atomic E-state index is 1.14. The summed E-state index contributed by atoms with van der Waals surface area (Å²) in [6, 6.07) is 45.6. The van der Waals surface area contributed by atoms with Crippen molar-refractivity contribution in [1.29, 1.82) is 0 Å². The van der Waals surface area contributed by atoms with Crippen LogP contribution >= 0.6 is 68.0 Å². The molecule has 0 saturated carbocycles. The molecular weight excluding hydrogens is 893 g/mol. The molecule has 0 unspecified atom stereocenters. The highest BCUT2D eigenvalue weighted by molar-refractivity contribution is 7.30. The van der Waals surface area contributed by atoms with Gasteiger partial charge in [0.25, 0.3) is 0 Å². The predicted octanol–water partition coefficient (Wildman–Crippen LogP) is 19.5. The number of rotatable bonds is 23. The molecule has 0 spiro atoms. The minimum atomic E-state index is 1.14. The maximum absolute atomic E-state index is 2.55. The zero-order valence-electron chi connectivity index (χ0n) is 37.7. The van der Waals surface area contributed by atoms with E-state index in [1.54, 1.807) is 0 Å². The number of unbranched alkanes of at least 4 members (excludes halogenated alkanes) is 4. The predicted molar refractivity (Wildman–Crippen MR) is 296 cm³/mol. The first kappa shape index (κ1) is 46.3. The number of anilines is 2. The molecule has 8 aromatic rings. The molecule has 8 heteroatoms. The molecule has 8 rings (SSSR count). The molecule has 0 amide bonds. The van der Waals surface area contributed by atoms with E-state index in [4.69, 9.17) is 0 Å². The van der Waals surface area contributed by atoms with Gasteiger partial charge in [-0.2, -0.15) is 0 Å². The quantitative estimate of drug-likeness (QED) is 0.0630. The van der Waals surface area contributed by atoms with Gasteiger partial charge in [0.1, 0.15) is 0 Å². The lowest BCUT2D eigenvalue weighted by Gasteiger charge is -2.24. The van der Waals surface area contributed by atoms with Crippen molar-refractivity contribution < 1.29 is 0 Å². The lowest BCUT2D eigenvalue weighted by atomic mass is 10.1. The van der Waals surface area contributed by atoms with Gasteiger partial charge in [0.2, 0.25) is 0 Å². The van der Waals surface area contributed by atoms with E-state index in [1.165, 1.54) is 132 Å². The third-order valence-corrected chi connectivity index (χ3v) is 18.8. The van der Waals surface area contributed by atoms with Crippen LogP contribution in [0, 0.1) is 0 Å². The van der Waals surface area contributed by atoms with Gasteiger partial charge in [-0.25, -0.2) is 0 Å².